The molecule has 5 nitrogen and oxygen atoms in total. The van der Waals surface area contributed by atoms with Crippen LogP contribution in [-0.4, -0.2) is 36.9 Å². The van der Waals surface area contributed by atoms with Crippen molar-refractivity contribution in [3.63, 3.8) is 0 Å². The van der Waals surface area contributed by atoms with Crippen LogP contribution in [0.25, 0.3) is 0 Å². The molecule has 0 radical (unpaired) electrons. The average molecular weight is 287 g/mol. The molecule has 1 amide bonds. The van der Waals surface area contributed by atoms with Gasteiger partial charge in [0.1, 0.15) is 6.61 Å². The summed E-state index contributed by atoms with van der Waals surface area (Å²) in [6.45, 7) is 2.01. The summed E-state index contributed by atoms with van der Waals surface area (Å²) in [5.74, 6) is 0.0641. The molecule has 1 aromatic rings. The van der Waals surface area contributed by atoms with E-state index in [1.165, 1.54) is 0 Å². The van der Waals surface area contributed by atoms with Crippen LogP contribution in [0.3, 0.4) is 0 Å². The molecular weight excluding hydrogens is 268 g/mol. The van der Waals surface area contributed by atoms with E-state index >= 15 is 0 Å². The first-order chi connectivity index (χ1) is 8.75. The second-order valence-electron chi connectivity index (χ2n) is 4.43. The molecule has 1 aliphatic heterocycles. The molecule has 1 heterocycles. The van der Waals surface area contributed by atoms with Gasteiger partial charge >= 0.3 is 6.09 Å². The summed E-state index contributed by atoms with van der Waals surface area (Å²) in [6, 6.07) is 9.52. The van der Waals surface area contributed by atoms with E-state index < -0.39 is 6.09 Å². The minimum absolute atomic E-state index is 0. The molecule has 0 aliphatic carbocycles. The number of benzene rings is 1. The van der Waals surface area contributed by atoms with Crippen molar-refractivity contribution in [1.29, 1.82) is 0 Å². The number of halogens is 1. The number of amides is 1. The van der Waals surface area contributed by atoms with Gasteiger partial charge in [-0.05, 0) is 5.56 Å². The van der Waals surface area contributed by atoms with Gasteiger partial charge in [0, 0.05) is 25.6 Å². The minimum Gasteiger partial charge on any atom is -0.445 e. The molecule has 106 valence electrons. The molecule has 1 fully saturated rings. The van der Waals surface area contributed by atoms with Crippen molar-refractivity contribution in [3.8, 4) is 0 Å². The third-order valence-corrected chi connectivity index (χ3v) is 3.03. The van der Waals surface area contributed by atoms with Crippen molar-refractivity contribution in [3.05, 3.63) is 35.9 Å². The van der Waals surface area contributed by atoms with E-state index in [0.29, 0.717) is 13.1 Å². The summed E-state index contributed by atoms with van der Waals surface area (Å²) in [5.41, 5.74) is 0.954. The molecule has 0 aromatic heterocycles. The van der Waals surface area contributed by atoms with E-state index in [-0.39, 0.29) is 31.0 Å². The molecular formula is C13H19ClN2O3. The van der Waals surface area contributed by atoms with Crippen LogP contribution in [0.15, 0.2) is 30.3 Å². The number of nitrogens with one attached hydrogen (secondary N) is 2. The van der Waals surface area contributed by atoms with Crippen LogP contribution in [0.5, 0.6) is 0 Å². The van der Waals surface area contributed by atoms with Crippen molar-refractivity contribution >= 4 is 18.5 Å². The molecule has 1 aromatic carbocycles. The van der Waals surface area contributed by atoms with Crippen LogP contribution in [0, 0.1) is 5.92 Å². The van der Waals surface area contributed by atoms with Gasteiger partial charge in [-0.2, -0.15) is 0 Å². The standard InChI is InChI=1S/C13H18N2O3.ClH/c16-12-8-14-6-11(12)7-15-13(17)18-9-10-4-2-1-3-5-10;/h1-5,11-12,14,16H,6-9H2,(H,15,17);1H/t11-,12-;/m0./s1. The molecule has 0 saturated carbocycles. The van der Waals surface area contributed by atoms with Crippen molar-refractivity contribution < 1.29 is 14.6 Å². The van der Waals surface area contributed by atoms with Gasteiger partial charge in [0.2, 0.25) is 0 Å². The monoisotopic (exact) mass is 286 g/mol. The van der Waals surface area contributed by atoms with Crippen LogP contribution in [0.2, 0.25) is 0 Å². The van der Waals surface area contributed by atoms with Gasteiger partial charge < -0.3 is 20.5 Å². The first kappa shape index (κ1) is 15.8. The fourth-order valence-corrected chi connectivity index (χ4v) is 1.92. The van der Waals surface area contributed by atoms with Crippen molar-refractivity contribution in [2.45, 2.75) is 12.7 Å². The summed E-state index contributed by atoms with van der Waals surface area (Å²) in [4.78, 5) is 11.4. The molecule has 2 rings (SSSR count). The maximum absolute atomic E-state index is 11.4. The molecule has 6 heteroatoms. The molecule has 1 saturated heterocycles. The second-order valence-corrected chi connectivity index (χ2v) is 4.43. The topological polar surface area (TPSA) is 70.6 Å². The lowest BCUT2D eigenvalue weighted by molar-refractivity contribution is 0.125. The van der Waals surface area contributed by atoms with E-state index in [9.17, 15) is 9.90 Å². The molecule has 3 N–H and O–H groups in total. The molecule has 0 unspecified atom stereocenters. The summed E-state index contributed by atoms with van der Waals surface area (Å²) >= 11 is 0. The van der Waals surface area contributed by atoms with E-state index in [2.05, 4.69) is 10.6 Å². The molecule has 0 spiro atoms. The van der Waals surface area contributed by atoms with E-state index in [1.807, 2.05) is 30.3 Å². The quantitative estimate of drug-likeness (QED) is 0.770. The number of aliphatic hydroxyl groups is 1. The van der Waals surface area contributed by atoms with Gasteiger partial charge in [0.05, 0.1) is 6.10 Å². The lowest BCUT2D eigenvalue weighted by Gasteiger charge is -2.14. The van der Waals surface area contributed by atoms with Gasteiger partial charge in [-0.3, -0.25) is 0 Å². The van der Waals surface area contributed by atoms with Gasteiger partial charge in [-0.15, -0.1) is 12.4 Å². The molecule has 2 atom stereocenters. The normalized spacial score (nSPS) is 21.5. The summed E-state index contributed by atoms with van der Waals surface area (Å²) in [6.07, 6.45) is -0.836. The number of ether oxygens (including phenoxy) is 1. The number of rotatable bonds is 4. The molecule has 1 aliphatic rings. The Hall–Kier alpha value is -1.30. The number of carbonyl (C=O) groups is 1. The fourth-order valence-electron chi connectivity index (χ4n) is 1.92. The lowest BCUT2D eigenvalue weighted by atomic mass is 10.1. The van der Waals surface area contributed by atoms with Crippen molar-refractivity contribution in [2.75, 3.05) is 19.6 Å². The largest absolute Gasteiger partial charge is 0.445 e. The van der Waals surface area contributed by atoms with Crippen LogP contribution < -0.4 is 10.6 Å². The number of hydrogen-bond donors (Lipinski definition) is 3. The van der Waals surface area contributed by atoms with Crippen LogP contribution >= 0.6 is 12.4 Å². The summed E-state index contributed by atoms with van der Waals surface area (Å²) < 4.78 is 5.07. The number of alkyl carbamates (subject to hydrolysis) is 1. The number of hydrogen-bond acceptors (Lipinski definition) is 4. The van der Waals surface area contributed by atoms with Gasteiger partial charge in [-0.1, -0.05) is 30.3 Å². The highest BCUT2D eigenvalue weighted by Gasteiger charge is 2.25. The lowest BCUT2D eigenvalue weighted by Crippen LogP contribution is -2.34. The third-order valence-electron chi connectivity index (χ3n) is 3.03. The zero-order valence-electron chi connectivity index (χ0n) is 10.5. The third kappa shape index (κ3) is 5.06. The van der Waals surface area contributed by atoms with Gasteiger partial charge in [0.25, 0.3) is 0 Å². The highest BCUT2D eigenvalue weighted by atomic mass is 35.5. The zero-order chi connectivity index (χ0) is 12.8. The first-order valence-electron chi connectivity index (χ1n) is 6.09. The Morgan fingerprint density at radius 1 is 1.37 bits per heavy atom. The average Bonchev–Trinajstić information content (AvgIpc) is 2.81. The number of carbonyl (C=O) groups excluding carboxylic acids is 1. The Bertz CT molecular complexity index is 389. The second kappa shape index (κ2) is 7.99. The highest BCUT2D eigenvalue weighted by molar-refractivity contribution is 5.85. The Balaban J connectivity index is 0.00000180. The van der Waals surface area contributed by atoms with Gasteiger partial charge in [-0.25, -0.2) is 4.79 Å². The van der Waals surface area contributed by atoms with Crippen LogP contribution in [0.4, 0.5) is 4.79 Å². The first-order valence-corrected chi connectivity index (χ1v) is 6.09. The Morgan fingerprint density at radius 3 is 2.74 bits per heavy atom. The Kier molecular flexibility index (Phi) is 6.62. The Morgan fingerprint density at radius 2 is 2.11 bits per heavy atom. The van der Waals surface area contributed by atoms with E-state index in [4.69, 9.17) is 4.74 Å². The van der Waals surface area contributed by atoms with Crippen LogP contribution in [0.1, 0.15) is 5.56 Å². The maximum atomic E-state index is 11.4. The minimum atomic E-state index is -0.446. The summed E-state index contributed by atoms with van der Waals surface area (Å²) in [7, 11) is 0. The fraction of sp³-hybridized carbons (Fsp3) is 0.462. The SMILES string of the molecule is Cl.O=C(NC[C@@H]1CNC[C@@H]1O)OCc1ccccc1. The van der Waals surface area contributed by atoms with E-state index in [1.54, 1.807) is 0 Å². The zero-order valence-corrected chi connectivity index (χ0v) is 11.4. The van der Waals surface area contributed by atoms with Crippen molar-refractivity contribution in [2.24, 2.45) is 5.92 Å². The maximum Gasteiger partial charge on any atom is 0.407 e. The van der Waals surface area contributed by atoms with Gasteiger partial charge in [0.15, 0.2) is 0 Å². The smallest absolute Gasteiger partial charge is 0.407 e. The number of aliphatic hydroxyl groups excluding tert-OH is 1. The van der Waals surface area contributed by atoms with Crippen LogP contribution in [-0.2, 0) is 11.3 Å². The molecule has 19 heavy (non-hydrogen) atoms. The molecule has 0 bridgehead atoms. The van der Waals surface area contributed by atoms with E-state index in [0.717, 1.165) is 12.1 Å². The number of β-amino-alcohol motifs (C(OH)–C–C–N with tert-alkyl or cyclic N) is 1. The van der Waals surface area contributed by atoms with Crippen molar-refractivity contribution in [1.82, 2.24) is 10.6 Å². The Labute approximate surface area is 118 Å². The predicted octanol–water partition coefficient (Wildman–Crippen LogP) is 0.915. The predicted molar refractivity (Wildman–Crippen MR) is 74.2 cm³/mol. The highest BCUT2D eigenvalue weighted by Crippen LogP contribution is 2.07. The summed E-state index contributed by atoms with van der Waals surface area (Å²) in [5, 5.41) is 15.3.